The molecule has 2 atom stereocenters. The average Bonchev–Trinajstić information content (AvgIpc) is 2.48. The second kappa shape index (κ2) is 7.85. The number of nitrogens with zero attached hydrogens (tertiary/aromatic N) is 1. The fourth-order valence-electron chi connectivity index (χ4n) is 3.19. The Labute approximate surface area is 126 Å². The Morgan fingerprint density at radius 1 is 1.33 bits per heavy atom. The first-order valence-electron chi connectivity index (χ1n) is 8.04. The Bertz CT molecular complexity index is 450. The van der Waals surface area contributed by atoms with Crippen LogP contribution in [0.3, 0.4) is 0 Å². The maximum atomic E-state index is 14.0. The van der Waals surface area contributed by atoms with E-state index in [1.165, 1.54) is 25.3 Å². The van der Waals surface area contributed by atoms with E-state index in [1.807, 2.05) is 6.92 Å². The first-order chi connectivity index (χ1) is 10.1. The molecule has 1 aliphatic heterocycles. The lowest BCUT2D eigenvalue weighted by atomic mass is 9.99. The maximum Gasteiger partial charge on any atom is 0.163 e. The van der Waals surface area contributed by atoms with Gasteiger partial charge in [0, 0.05) is 24.2 Å². The van der Waals surface area contributed by atoms with E-state index in [9.17, 15) is 8.78 Å². The van der Waals surface area contributed by atoms with Crippen LogP contribution in [0.2, 0.25) is 0 Å². The highest BCUT2D eigenvalue weighted by Crippen LogP contribution is 2.24. The molecule has 0 amide bonds. The first kappa shape index (κ1) is 16.4. The van der Waals surface area contributed by atoms with Crippen molar-refractivity contribution in [3.05, 3.63) is 35.4 Å². The van der Waals surface area contributed by atoms with Crippen LogP contribution < -0.4 is 5.32 Å². The lowest BCUT2D eigenvalue weighted by Gasteiger charge is -2.34. The van der Waals surface area contributed by atoms with Crippen molar-refractivity contribution in [3.63, 3.8) is 0 Å². The number of hydrogen-bond donors (Lipinski definition) is 1. The predicted molar refractivity (Wildman–Crippen MR) is 82.3 cm³/mol. The lowest BCUT2D eigenvalue weighted by molar-refractivity contribution is 0.153. The zero-order valence-electron chi connectivity index (χ0n) is 13.0. The fourth-order valence-corrected chi connectivity index (χ4v) is 3.19. The third-order valence-electron chi connectivity index (χ3n) is 4.45. The summed E-state index contributed by atoms with van der Waals surface area (Å²) in [5.41, 5.74) is 0.446. The normalized spacial score (nSPS) is 21.4. The van der Waals surface area contributed by atoms with Gasteiger partial charge in [-0.15, -0.1) is 0 Å². The Morgan fingerprint density at radius 2 is 2.14 bits per heavy atom. The van der Waals surface area contributed by atoms with Crippen LogP contribution in [0.5, 0.6) is 0 Å². The van der Waals surface area contributed by atoms with Gasteiger partial charge in [0.05, 0.1) is 0 Å². The molecule has 1 aliphatic rings. The minimum Gasteiger partial charge on any atom is -0.310 e. The van der Waals surface area contributed by atoms with Gasteiger partial charge in [-0.05, 0) is 45.3 Å². The number of halogens is 2. The molecule has 0 radical (unpaired) electrons. The van der Waals surface area contributed by atoms with Crippen LogP contribution in [0, 0.1) is 11.6 Å². The Hall–Kier alpha value is -1.00. The summed E-state index contributed by atoms with van der Waals surface area (Å²) in [5.74, 6) is -1.48. The van der Waals surface area contributed by atoms with Crippen LogP contribution in [0.1, 0.15) is 51.1 Å². The monoisotopic (exact) mass is 296 g/mol. The molecule has 1 saturated heterocycles. The molecule has 0 spiro atoms. The molecule has 1 fully saturated rings. The minimum atomic E-state index is -0.762. The highest BCUT2D eigenvalue weighted by atomic mass is 19.2. The topological polar surface area (TPSA) is 15.3 Å². The van der Waals surface area contributed by atoms with Crippen LogP contribution in [0.25, 0.3) is 0 Å². The van der Waals surface area contributed by atoms with Crippen molar-refractivity contribution in [3.8, 4) is 0 Å². The largest absolute Gasteiger partial charge is 0.310 e. The van der Waals surface area contributed by atoms with E-state index < -0.39 is 11.6 Å². The van der Waals surface area contributed by atoms with E-state index in [0.717, 1.165) is 26.1 Å². The van der Waals surface area contributed by atoms with E-state index >= 15 is 0 Å². The number of piperidine rings is 1. The molecule has 2 unspecified atom stereocenters. The van der Waals surface area contributed by atoms with Gasteiger partial charge in [-0.3, -0.25) is 0 Å². The molecule has 1 N–H and O–H groups in total. The molecule has 0 saturated carbocycles. The Kier molecular flexibility index (Phi) is 6.12. The highest BCUT2D eigenvalue weighted by Gasteiger charge is 2.22. The van der Waals surface area contributed by atoms with Crippen molar-refractivity contribution < 1.29 is 8.78 Å². The molecule has 0 bridgehead atoms. The highest BCUT2D eigenvalue weighted by molar-refractivity contribution is 5.22. The van der Waals surface area contributed by atoms with E-state index in [0.29, 0.717) is 11.6 Å². The predicted octanol–water partition coefficient (Wildman–Crippen LogP) is 3.88. The van der Waals surface area contributed by atoms with Gasteiger partial charge in [0.25, 0.3) is 0 Å². The number of hydrogen-bond acceptors (Lipinski definition) is 2. The van der Waals surface area contributed by atoms with E-state index in [1.54, 1.807) is 12.1 Å². The molecule has 0 aromatic heterocycles. The number of benzene rings is 1. The summed E-state index contributed by atoms with van der Waals surface area (Å²) in [6, 6.07) is 4.92. The minimum absolute atomic E-state index is 0.125. The summed E-state index contributed by atoms with van der Waals surface area (Å²) in [5, 5.41) is 3.29. The Balaban J connectivity index is 2.03. The summed E-state index contributed by atoms with van der Waals surface area (Å²) < 4.78 is 27.4. The van der Waals surface area contributed by atoms with E-state index in [4.69, 9.17) is 0 Å². The quantitative estimate of drug-likeness (QED) is 0.857. The second-order valence-corrected chi connectivity index (χ2v) is 5.92. The van der Waals surface area contributed by atoms with Crippen LogP contribution in [-0.2, 0) is 0 Å². The lowest BCUT2D eigenvalue weighted by Crippen LogP contribution is -2.39. The van der Waals surface area contributed by atoms with Crippen molar-refractivity contribution in [2.45, 2.75) is 51.6 Å². The standard InChI is InChI=1S/C17H26F2N2/c1-3-20-16(14-8-6-9-15(18)17(14)19)10-12-21-11-5-4-7-13(21)2/h6,8-9,13,16,20H,3-5,7,10-12H2,1-2H3. The van der Waals surface area contributed by atoms with Gasteiger partial charge >= 0.3 is 0 Å². The third kappa shape index (κ3) is 4.24. The summed E-state index contributed by atoms with van der Waals surface area (Å²) in [4.78, 5) is 2.46. The van der Waals surface area contributed by atoms with Gasteiger partial charge in [0.2, 0.25) is 0 Å². The number of rotatable bonds is 6. The molecule has 4 heteroatoms. The summed E-state index contributed by atoms with van der Waals surface area (Å²) in [6.45, 7) is 7.04. The van der Waals surface area contributed by atoms with Crippen molar-refractivity contribution in [1.82, 2.24) is 10.2 Å². The van der Waals surface area contributed by atoms with Crippen LogP contribution >= 0.6 is 0 Å². The maximum absolute atomic E-state index is 14.0. The molecule has 1 aromatic carbocycles. The number of nitrogens with one attached hydrogen (secondary N) is 1. The van der Waals surface area contributed by atoms with Crippen molar-refractivity contribution in [2.75, 3.05) is 19.6 Å². The smallest absolute Gasteiger partial charge is 0.163 e. The number of likely N-dealkylation sites (tertiary alicyclic amines) is 1. The van der Waals surface area contributed by atoms with Crippen molar-refractivity contribution >= 4 is 0 Å². The van der Waals surface area contributed by atoms with E-state index in [-0.39, 0.29) is 6.04 Å². The average molecular weight is 296 g/mol. The van der Waals surface area contributed by atoms with Crippen molar-refractivity contribution in [1.29, 1.82) is 0 Å². The molecule has 2 rings (SSSR count). The molecule has 1 aromatic rings. The van der Waals surface area contributed by atoms with Crippen molar-refractivity contribution in [2.24, 2.45) is 0 Å². The molecular formula is C17H26F2N2. The Morgan fingerprint density at radius 3 is 2.86 bits per heavy atom. The zero-order valence-corrected chi connectivity index (χ0v) is 13.0. The summed E-state index contributed by atoms with van der Waals surface area (Å²) in [7, 11) is 0. The van der Waals surface area contributed by atoms with Gasteiger partial charge in [-0.2, -0.15) is 0 Å². The molecule has 118 valence electrons. The SMILES string of the molecule is CCNC(CCN1CCCCC1C)c1cccc(F)c1F. The van der Waals surface area contributed by atoms with Gasteiger partial charge in [-0.1, -0.05) is 25.5 Å². The van der Waals surface area contributed by atoms with Crippen LogP contribution in [-0.4, -0.2) is 30.6 Å². The summed E-state index contributed by atoms with van der Waals surface area (Å²) in [6.07, 6.45) is 4.58. The fraction of sp³-hybridized carbons (Fsp3) is 0.647. The van der Waals surface area contributed by atoms with Gasteiger partial charge < -0.3 is 10.2 Å². The van der Waals surface area contributed by atoms with Gasteiger partial charge in [-0.25, -0.2) is 8.78 Å². The summed E-state index contributed by atoms with van der Waals surface area (Å²) >= 11 is 0. The zero-order chi connectivity index (χ0) is 15.2. The van der Waals surface area contributed by atoms with Gasteiger partial charge in [0.1, 0.15) is 0 Å². The molecular weight excluding hydrogens is 270 g/mol. The molecule has 0 aliphatic carbocycles. The van der Waals surface area contributed by atoms with E-state index in [2.05, 4.69) is 17.1 Å². The second-order valence-electron chi connectivity index (χ2n) is 5.92. The molecule has 21 heavy (non-hydrogen) atoms. The first-order valence-corrected chi connectivity index (χ1v) is 8.04. The molecule has 1 heterocycles. The third-order valence-corrected chi connectivity index (χ3v) is 4.45. The van der Waals surface area contributed by atoms with Gasteiger partial charge in [0.15, 0.2) is 11.6 Å². The molecule has 2 nitrogen and oxygen atoms in total. The van der Waals surface area contributed by atoms with Crippen LogP contribution in [0.15, 0.2) is 18.2 Å². The van der Waals surface area contributed by atoms with Crippen LogP contribution in [0.4, 0.5) is 8.78 Å².